The Morgan fingerprint density at radius 2 is 2.00 bits per heavy atom. The molecule has 0 aliphatic carbocycles. The van der Waals surface area contributed by atoms with Gasteiger partial charge in [0.1, 0.15) is 30.6 Å². The molecule has 0 saturated carbocycles. The summed E-state index contributed by atoms with van der Waals surface area (Å²) in [7, 11) is 1.70. The third-order valence-electron chi connectivity index (χ3n) is 5.85. The number of methoxy groups -OCH3 is 1. The summed E-state index contributed by atoms with van der Waals surface area (Å²) in [6.07, 6.45) is 7.26. The Hall–Kier alpha value is -3.39. The van der Waals surface area contributed by atoms with E-state index in [9.17, 15) is 0 Å². The van der Waals surface area contributed by atoms with Crippen molar-refractivity contribution in [3.8, 4) is 17.2 Å². The van der Waals surface area contributed by atoms with E-state index >= 15 is 0 Å². The molecule has 0 bridgehead atoms. The third kappa shape index (κ3) is 4.60. The zero-order valence-corrected chi connectivity index (χ0v) is 18.2. The second kappa shape index (κ2) is 9.40. The van der Waals surface area contributed by atoms with Gasteiger partial charge >= 0.3 is 0 Å². The van der Waals surface area contributed by atoms with Crippen LogP contribution in [0, 0.1) is 0 Å². The number of rotatable bonds is 6. The first-order valence-corrected chi connectivity index (χ1v) is 11.0. The smallest absolute Gasteiger partial charge is 0.165 e. The molecule has 2 aromatic heterocycles. The van der Waals surface area contributed by atoms with Crippen LogP contribution in [-0.4, -0.2) is 53.3 Å². The van der Waals surface area contributed by atoms with Gasteiger partial charge in [0, 0.05) is 48.7 Å². The van der Waals surface area contributed by atoms with Gasteiger partial charge in [-0.05, 0) is 37.6 Å². The largest absolute Gasteiger partial charge is 0.496 e. The summed E-state index contributed by atoms with van der Waals surface area (Å²) in [5.74, 6) is 4.23. The van der Waals surface area contributed by atoms with E-state index in [1.807, 2.05) is 18.2 Å². The van der Waals surface area contributed by atoms with Crippen LogP contribution in [0.4, 0.5) is 11.6 Å². The van der Waals surface area contributed by atoms with Gasteiger partial charge < -0.3 is 19.5 Å². The second-order valence-electron chi connectivity index (χ2n) is 8.05. The molecule has 1 fully saturated rings. The number of nitrogens with one attached hydrogen (secondary N) is 1. The predicted molar refractivity (Wildman–Crippen MR) is 121 cm³/mol. The molecule has 32 heavy (non-hydrogen) atoms. The summed E-state index contributed by atoms with van der Waals surface area (Å²) < 4.78 is 17.1. The predicted octanol–water partition coefficient (Wildman–Crippen LogP) is 3.77. The van der Waals surface area contributed by atoms with E-state index in [0.717, 1.165) is 66.8 Å². The molecule has 4 heterocycles. The molecule has 3 aromatic rings. The molecule has 166 valence electrons. The number of aromatic nitrogens is 3. The molecular formula is C24H27N5O3. The number of nitrogens with zero attached hydrogens (tertiary/aromatic N) is 4. The van der Waals surface area contributed by atoms with Crippen molar-refractivity contribution in [2.24, 2.45) is 0 Å². The number of hydrogen-bond acceptors (Lipinski definition) is 8. The molecule has 1 unspecified atom stereocenters. The van der Waals surface area contributed by atoms with Crippen LogP contribution in [-0.2, 0) is 6.54 Å². The van der Waals surface area contributed by atoms with E-state index in [1.165, 1.54) is 0 Å². The minimum atomic E-state index is 0.371. The fraction of sp³-hybridized carbons (Fsp3) is 0.375. The molecular weight excluding hydrogens is 406 g/mol. The zero-order chi connectivity index (χ0) is 21.8. The topological polar surface area (TPSA) is 81.6 Å². The van der Waals surface area contributed by atoms with Crippen LogP contribution in [0.3, 0.4) is 0 Å². The summed E-state index contributed by atoms with van der Waals surface area (Å²) in [6, 6.07) is 10.1. The first-order chi connectivity index (χ1) is 15.8. The SMILES string of the molecule is COc1cc2c(cc1CN1CCCC(c3cccc(Nc4cnccn4)n3)C1)OCCO2. The van der Waals surface area contributed by atoms with Gasteiger partial charge in [0.05, 0.1) is 13.3 Å². The normalized spacial score (nSPS) is 18.2. The summed E-state index contributed by atoms with van der Waals surface area (Å²) in [5.41, 5.74) is 2.21. The Labute approximate surface area is 187 Å². The number of anilines is 2. The van der Waals surface area contributed by atoms with Crippen molar-refractivity contribution in [3.63, 3.8) is 0 Å². The summed E-state index contributed by atoms with van der Waals surface area (Å²) in [5, 5.41) is 3.24. The highest BCUT2D eigenvalue weighted by atomic mass is 16.6. The van der Waals surface area contributed by atoms with Crippen molar-refractivity contribution in [3.05, 3.63) is 60.2 Å². The van der Waals surface area contributed by atoms with Crippen LogP contribution in [0.1, 0.15) is 30.0 Å². The lowest BCUT2D eigenvalue weighted by Gasteiger charge is -2.33. The van der Waals surface area contributed by atoms with Gasteiger partial charge in [-0.1, -0.05) is 6.07 Å². The molecule has 1 atom stereocenters. The molecule has 8 nitrogen and oxygen atoms in total. The minimum absolute atomic E-state index is 0.371. The first-order valence-electron chi connectivity index (χ1n) is 11.0. The monoisotopic (exact) mass is 433 g/mol. The number of hydrogen-bond donors (Lipinski definition) is 1. The standard InChI is InChI=1S/C24H27N5O3/c1-30-20-13-22-21(31-10-11-32-22)12-18(20)16-29-9-3-4-17(15-29)19-5-2-6-23(27-19)28-24-14-25-7-8-26-24/h2,5-8,12-14,17H,3-4,9-11,15-16H2,1H3,(H,26,27,28). The van der Waals surface area contributed by atoms with E-state index in [4.69, 9.17) is 19.2 Å². The van der Waals surface area contributed by atoms with Crippen molar-refractivity contribution in [2.75, 3.05) is 38.7 Å². The van der Waals surface area contributed by atoms with E-state index in [-0.39, 0.29) is 0 Å². The van der Waals surface area contributed by atoms with Gasteiger partial charge in [-0.2, -0.15) is 0 Å². The van der Waals surface area contributed by atoms with Crippen molar-refractivity contribution in [2.45, 2.75) is 25.3 Å². The van der Waals surface area contributed by atoms with Crippen LogP contribution >= 0.6 is 0 Å². The van der Waals surface area contributed by atoms with Gasteiger partial charge in [-0.3, -0.25) is 9.88 Å². The second-order valence-corrected chi connectivity index (χ2v) is 8.05. The molecule has 5 rings (SSSR count). The zero-order valence-electron chi connectivity index (χ0n) is 18.2. The lowest BCUT2D eigenvalue weighted by molar-refractivity contribution is 0.168. The van der Waals surface area contributed by atoms with Crippen molar-refractivity contribution in [1.82, 2.24) is 19.9 Å². The average Bonchev–Trinajstić information content (AvgIpc) is 2.84. The fourth-order valence-electron chi connectivity index (χ4n) is 4.35. The molecule has 2 aliphatic rings. The van der Waals surface area contributed by atoms with Gasteiger partial charge in [-0.25, -0.2) is 9.97 Å². The first kappa shape index (κ1) is 20.5. The lowest BCUT2D eigenvalue weighted by Crippen LogP contribution is -2.34. The molecule has 1 aromatic carbocycles. The number of fused-ring (bicyclic) bond motifs is 1. The van der Waals surface area contributed by atoms with Crippen molar-refractivity contribution in [1.29, 1.82) is 0 Å². The molecule has 2 aliphatic heterocycles. The fourth-order valence-corrected chi connectivity index (χ4v) is 4.35. The van der Waals surface area contributed by atoms with E-state index < -0.39 is 0 Å². The van der Waals surface area contributed by atoms with Crippen molar-refractivity contribution < 1.29 is 14.2 Å². The van der Waals surface area contributed by atoms with Crippen LogP contribution in [0.2, 0.25) is 0 Å². The Bertz CT molecular complexity index is 1060. The van der Waals surface area contributed by atoms with Crippen molar-refractivity contribution >= 4 is 11.6 Å². The minimum Gasteiger partial charge on any atom is -0.496 e. The molecule has 1 saturated heterocycles. The Morgan fingerprint density at radius 3 is 2.81 bits per heavy atom. The maximum atomic E-state index is 5.78. The summed E-state index contributed by atoms with van der Waals surface area (Å²) in [6.45, 7) is 3.94. The highest BCUT2D eigenvalue weighted by Crippen LogP contribution is 2.38. The summed E-state index contributed by atoms with van der Waals surface area (Å²) in [4.78, 5) is 15.7. The molecule has 0 amide bonds. The molecule has 0 spiro atoms. The number of ether oxygens (including phenoxy) is 3. The highest BCUT2D eigenvalue weighted by Gasteiger charge is 2.25. The lowest BCUT2D eigenvalue weighted by atomic mass is 9.94. The number of likely N-dealkylation sites (tertiary alicyclic amines) is 1. The molecule has 8 heteroatoms. The molecule has 1 N–H and O–H groups in total. The summed E-state index contributed by atoms with van der Waals surface area (Å²) >= 11 is 0. The Kier molecular flexibility index (Phi) is 6.02. The van der Waals surface area contributed by atoms with Crippen LogP contribution in [0.15, 0.2) is 48.9 Å². The quantitative estimate of drug-likeness (QED) is 0.629. The maximum Gasteiger partial charge on any atom is 0.165 e. The molecule has 0 radical (unpaired) electrons. The van der Waals surface area contributed by atoms with Gasteiger partial charge in [-0.15, -0.1) is 0 Å². The van der Waals surface area contributed by atoms with Crippen LogP contribution in [0.25, 0.3) is 0 Å². The highest BCUT2D eigenvalue weighted by molar-refractivity contribution is 5.52. The Morgan fingerprint density at radius 1 is 1.12 bits per heavy atom. The van der Waals surface area contributed by atoms with E-state index in [0.29, 0.717) is 24.9 Å². The van der Waals surface area contributed by atoms with E-state index in [1.54, 1.807) is 25.7 Å². The number of piperidine rings is 1. The van der Waals surface area contributed by atoms with Gasteiger partial charge in [0.2, 0.25) is 0 Å². The average molecular weight is 434 g/mol. The van der Waals surface area contributed by atoms with Crippen LogP contribution < -0.4 is 19.5 Å². The number of benzene rings is 1. The third-order valence-corrected chi connectivity index (χ3v) is 5.85. The maximum absolute atomic E-state index is 5.78. The van der Waals surface area contributed by atoms with Crippen LogP contribution in [0.5, 0.6) is 17.2 Å². The van der Waals surface area contributed by atoms with Gasteiger partial charge in [0.15, 0.2) is 11.5 Å². The van der Waals surface area contributed by atoms with Gasteiger partial charge in [0.25, 0.3) is 0 Å². The number of pyridine rings is 1. The van der Waals surface area contributed by atoms with E-state index in [2.05, 4.69) is 32.3 Å². The Balaban J connectivity index is 1.30.